The Balaban J connectivity index is 4.35. The largest absolute Gasteiger partial charge is 0.462 e. The summed E-state index contributed by atoms with van der Waals surface area (Å²) in [5.74, 6) is -0.952. The second-order valence-electron chi connectivity index (χ2n) is 20.9. The molecule has 0 fully saturated rings. The molecule has 6 heteroatoms. The molecule has 434 valence electrons. The lowest BCUT2D eigenvalue weighted by Crippen LogP contribution is -2.30. The third-order valence-corrected chi connectivity index (χ3v) is 13.5. The minimum absolute atomic E-state index is 0.0986. The first-order valence-corrected chi connectivity index (χ1v) is 31.9. The van der Waals surface area contributed by atoms with E-state index in [4.69, 9.17) is 14.2 Å². The molecule has 6 nitrogen and oxygen atoms in total. The number of rotatable bonds is 57. The Kier molecular flexibility index (Phi) is 60.3. The van der Waals surface area contributed by atoms with Crippen molar-refractivity contribution >= 4 is 17.9 Å². The van der Waals surface area contributed by atoms with Crippen molar-refractivity contribution in [3.63, 3.8) is 0 Å². The summed E-state index contributed by atoms with van der Waals surface area (Å²) in [6.45, 7) is 6.46. The molecule has 0 bridgehead atoms. The Labute approximate surface area is 470 Å². The Hall–Kier alpha value is -3.93. The van der Waals surface area contributed by atoms with Crippen molar-refractivity contribution in [1.29, 1.82) is 0 Å². The first-order valence-electron chi connectivity index (χ1n) is 31.9. The number of carbonyl (C=O) groups is 3. The Morgan fingerprint density at radius 1 is 0.276 bits per heavy atom. The van der Waals surface area contributed by atoms with Crippen molar-refractivity contribution in [2.45, 2.75) is 303 Å². The van der Waals surface area contributed by atoms with Crippen LogP contribution in [0.4, 0.5) is 0 Å². The zero-order chi connectivity index (χ0) is 55.0. The van der Waals surface area contributed by atoms with Gasteiger partial charge in [0, 0.05) is 19.3 Å². The third-order valence-electron chi connectivity index (χ3n) is 13.5. The molecule has 1 atom stereocenters. The highest BCUT2D eigenvalue weighted by atomic mass is 16.6. The van der Waals surface area contributed by atoms with Gasteiger partial charge in [0.25, 0.3) is 0 Å². The van der Waals surface area contributed by atoms with Crippen LogP contribution in [-0.2, 0) is 28.6 Å². The fourth-order valence-corrected chi connectivity index (χ4v) is 8.71. The van der Waals surface area contributed by atoms with E-state index < -0.39 is 6.10 Å². The summed E-state index contributed by atoms with van der Waals surface area (Å²) < 4.78 is 16.9. The molecule has 0 aromatic heterocycles. The van der Waals surface area contributed by atoms with Crippen LogP contribution in [-0.4, -0.2) is 37.2 Å². The lowest BCUT2D eigenvalue weighted by Gasteiger charge is -2.18. The number of ether oxygens (including phenoxy) is 3. The monoisotopic (exact) mass is 1050 g/mol. The molecule has 76 heavy (non-hydrogen) atoms. The van der Waals surface area contributed by atoms with Crippen LogP contribution in [0.5, 0.6) is 0 Å². The predicted molar refractivity (Wildman–Crippen MR) is 330 cm³/mol. The molecule has 0 N–H and O–H groups in total. The first kappa shape index (κ1) is 72.1. The van der Waals surface area contributed by atoms with Gasteiger partial charge in [0.1, 0.15) is 13.2 Å². The zero-order valence-electron chi connectivity index (χ0n) is 49.7. The quantitative estimate of drug-likeness (QED) is 0.0261. The fourth-order valence-electron chi connectivity index (χ4n) is 8.71. The molecule has 0 saturated heterocycles. The molecular formula is C70H118O6. The van der Waals surface area contributed by atoms with Gasteiger partial charge in [-0.1, -0.05) is 259 Å². The van der Waals surface area contributed by atoms with E-state index in [1.165, 1.54) is 135 Å². The van der Waals surface area contributed by atoms with E-state index >= 15 is 0 Å². The van der Waals surface area contributed by atoms with Crippen molar-refractivity contribution in [1.82, 2.24) is 0 Å². The van der Waals surface area contributed by atoms with E-state index in [0.29, 0.717) is 19.3 Å². The maximum Gasteiger partial charge on any atom is 0.306 e. The third kappa shape index (κ3) is 60.9. The minimum atomic E-state index is -0.806. The van der Waals surface area contributed by atoms with Crippen LogP contribution in [0.2, 0.25) is 0 Å². The van der Waals surface area contributed by atoms with Gasteiger partial charge in [0.05, 0.1) is 0 Å². The van der Waals surface area contributed by atoms with Crippen molar-refractivity contribution in [3.8, 4) is 0 Å². The Morgan fingerprint density at radius 3 is 0.842 bits per heavy atom. The Bertz CT molecular complexity index is 1540. The van der Waals surface area contributed by atoms with Gasteiger partial charge in [-0.25, -0.2) is 0 Å². The molecule has 0 aromatic carbocycles. The van der Waals surface area contributed by atoms with Gasteiger partial charge in [0.15, 0.2) is 6.10 Å². The van der Waals surface area contributed by atoms with Crippen molar-refractivity contribution in [3.05, 3.63) is 109 Å². The normalized spacial score (nSPS) is 12.8. The standard InChI is InChI=1S/C70H118O6/c1-4-7-10-13-16-19-22-25-28-30-31-32-33-34-35-36-37-38-39-40-43-45-48-51-54-57-60-63-69(72)75-66-67(65-74-68(71)62-59-56-53-50-47-44-41-27-24-21-18-15-12-9-6-3)76-70(73)64-61-58-55-52-49-46-42-29-26-23-20-17-14-11-8-5-2/h9,12,18,20-23,25,27,29-31,33-34,41-42,47,50,67H,4-8,10-11,13-17,19,24,26,28,32,35-40,43-46,48-49,51-66H2,1-3H3/b12-9-,21-18-,23-20-,25-22-,31-30-,34-33-,41-27-,42-29-,50-47-. The second-order valence-corrected chi connectivity index (χ2v) is 20.9. The van der Waals surface area contributed by atoms with Crippen LogP contribution in [0, 0.1) is 0 Å². The molecule has 0 spiro atoms. The van der Waals surface area contributed by atoms with E-state index in [2.05, 4.69) is 130 Å². The van der Waals surface area contributed by atoms with Crippen LogP contribution in [0.1, 0.15) is 297 Å². The van der Waals surface area contributed by atoms with E-state index in [1.54, 1.807) is 0 Å². The average molecular weight is 1060 g/mol. The van der Waals surface area contributed by atoms with Gasteiger partial charge < -0.3 is 14.2 Å². The van der Waals surface area contributed by atoms with Gasteiger partial charge in [-0.2, -0.15) is 0 Å². The van der Waals surface area contributed by atoms with Gasteiger partial charge in [-0.3, -0.25) is 14.4 Å². The van der Waals surface area contributed by atoms with E-state index in [1.807, 2.05) is 0 Å². The smallest absolute Gasteiger partial charge is 0.306 e. The van der Waals surface area contributed by atoms with E-state index in [0.717, 1.165) is 122 Å². The number of hydrogen-bond acceptors (Lipinski definition) is 6. The summed E-state index contributed by atoms with van der Waals surface area (Å²) in [5, 5.41) is 0. The maximum absolute atomic E-state index is 12.9. The number of esters is 3. The lowest BCUT2D eigenvalue weighted by molar-refractivity contribution is -0.167. The molecule has 0 heterocycles. The SMILES string of the molecule is CC/C=C\C/C=C\C/C=C\C/C=C\CCCCC(=O)OCC(COC(=O)CCCCCCCCCCCCCC/C=C\C/C=C\C/C=C\CCCCCCC)OC(=O)CCCCCCC/C=C\C/C=C\CCCCCC. The first-order chi connectivity index (χ1) is 37.5. The number of hydrogen-bond donors (Lipinski definition) is 0. The van der Waals surface area contributed by atoms with E-state index in [9.17, 15) is 14.4 Å². The highest BCUT2D eigenvalue weighted by molar-refractivity contribution is 5.71. The van der Waals surface area contributed by atoms with Crippen LogP contribution in [0.3, 0.4) is 0 Å². The number of carbonyl (C=O) groups excluding carboxylic acids is 3. The molecule has 0 rings (SSSR count). The summed E-state index contributed by atoms with van der Waals surface area (Å²) >= 11 is 0. The van der Waals surface area contributed by atoms with Gasteiger partial charge in [-0.05, 0) is 128 Å². The summed E-state index contributed by atoms with van der Waals surface area (Å²) in [7, 11) is 0. The molecule has 0 aromatic rings. The minimum Gasteiger partial charge on any atom is -0.462 e. The van der Waals surface area contributed by atoms with Crippen LogP contribution < -0.4 is 0 Å². The molecule has 0 amide bonds. The van der Waals surface area contributed by atoms with Crippen molar-refractivity contribution in [2.24, 2.45) is 0 Å². The van der Waals surface area contributed by atoms with Gasteiger partial charge in [0.2, 0.25) is 0 Å². The van der Waals surface area contributed by atoms with Crippen LogP contribution in [0.25, 0.3) is 0 Å². The van der Waals surface area contributed by atoms with Crippen molar-refractivity contribution < 1.29 is 28.6 Å². The summed E-state index contributed by atoms with van der Waals surface area (Å²) in [5.41, 5.74) is 0. The summed E-state index contributed by atoms with van der Waals surface area (Å²) in [4.78, 5) is 38.3. The Morgan fingerprint density at radius 2 is 0.513 bits per heavy atom. The number of unbranched alkanes of at least 4 members (excludes halogenated alkanes) is 28. The van der Waals surface area contributed by atoms with Gasteiger partial charge in [-0.15, -0.1) is 0 Å². The predicted octanol–water partition coefficient (Wildman–Crippen LogP) is 21.8. The fraction of sp³-hybridized carbons (Fsp3) is 0.700. The molecular weight excluding hydrogens is 937 g/mol. The zero-order valence-corrected chi connectivity index (χ0v) is 49.7. The highest BCUT2D eigenvalue weighted by Gasteiger charge is 2.19. The summed E-state index contributed by atoms with van der Waals surface area (Å²) in [6, 6.07) is 0. The molecule has 0 aliphatic rings. The summed E-state index contributed by atoms with van der Waals surface area (Å²) in [6.07, 6.45) is 86.7. The van der Waals surface area contributed by atoms with Crippen LogP contribution in [0.15, 0.2) is 109 Å². The molecule has 0 radical (unpaired) electrons. The second kappa shape index (κ2) is 63.6. The molecule has 1 unspecified atom stereocenters. The van der Waals surface area contributed by atoms with Crippen molar-refractivity contribution in [2.75, 3.05) is 13.2 Å². The van der Waals surface area contributed by atoms with Crippen LogP contribution >= 0.6 is 0 Å². The average Bonchev–Trinajstić information content (AvgIpc) is 3.42. The highest BCUT2D eigenvalue weighted by Crippen LogP contribution is 2.15. The lowest BCUT2D eigenvalue weighted by atomic mass is 10.0. The molecule has 0 saturated carbocycles. The molecule has 0 aliphatic heterocycles. The molecule has 0 aliphatic carbocycles. The number of allylic oxidation sites excluding steroid dienone is 18. The maximum atomic E-state index is 12.9. The van der Waals surface area contributed by atoms with E-state index in [-0.39, 0.29) is 31.1 Å². The van der Waals surface area contributed by atoms with Gasteiger partial charge >= 0.3 is 17.9 Å². The topological polar surface area (TPSA) is 78.9 Å².